The molecular weight excluding hydrogens is 238 g/mol. The predicted molar refractivity (Wildman–Crippen MR) is 73.7 cm³/mol. The molecule has 0 unspecified atom stereocenters. The summed E-state index contributed by atoms with van der Waals surface area (Å²) in [6, 6.07) is 10.3. The molecule has 1 rings (SSSR count). The molecule has 0 spiro atoms. The van der Waals surface area contributed by atoms with Crippen LogP contribution in [0.2, 0.25) is 0 Å². The fourth-order valence-corrected chi connectivity index (χ4v) is 2.67. The van der Waals surface area contributed by atoms with Gasteiger partial charge in [-0.2, -0.15) is 0 Å². The number of allylic oxidation sites excluding steroid dienone is 1. The minimum Gasteiger partial charge on any atom is -0.259 e. The lowest BCUT2D eigenvalue weighted by Crippen LogP contribution is -2.25. The van der Waals surface area contributed by atoms with Crippen molar-refractivity contribution in [3.8, 4) is 0 Å². The molecule has 16 heavy (non-hydrogen) atoms. The predicted octanol–water partition coefficient (Wildman–Crippen LogP) is 4.45. The Kier molecular flexibility index (Phi) is 5.39. The average Bonchev–Trinajstić information content (AvgIpc) is 2.16. The van der Waals surface area contributed by atoms with Crippen LogP contribution in [0.4, 0.5) is 0 Å². The van der Waals surface area contributed by atoms with Gasteiger partial charge in [-0.25, -0.2) is 0 Å². The molecule has 0 aliphatic rings. The highest BCUT2D eigenvalue weighted by atomic mass is 35.5. The van der Waals surface area contributed by atoms with E-state index >= 15 is 0 Å². The smallest absolute Gasteiger partial charge is 0.0228 e. The van der Waals surface area contributed by atoms with Crippen LogP contribution in [0.25, 0.3) is 0 Å². The van der Waals surface area contributed by atoms with E-state index in [4.69, 9.17) is 11.6 Å². The summed E-state index contributed by atoms with van der Waals surface area (Å²) in [6.45, 7) is 9.00. The van der Waals surface area contributed by atoms with E-state index in [9.17, 15) is 0 Å². The van der Waals surface area contributed by atoms with Gasteiger partial charge in [0.2, 0.25) is 0 Å². The van der Waals surface area contributed by atoms with Crippen LogP contribution in [0.15, 0.2) is 46.8 Å². The van der Waals surface area contributed by atoms with Crippen molar-refractivity contribution in [1.82, 2.24) is 4.72 Å². The summed E-state index contributed by atoms with van der Waals surface area (Å²) in [7, 11) is 0. The van der Waals surface area contributed by atoms with Crippen LogP contribution in [-0.2, 0) is 0 Å². The van der Waals surface area contributed by atoms with Crippen LogP contribution in [0.5, 0.6) is 0 Å². The van der Waals surface area contributed by atoms with Crippen molar-refractivity contribution >= 4 is 23.5 Å². The maximum absolute atomic E-state index is 5.83. The first-order chi connectivity index (χ1) is 7.49. The molecule has 0 radical (unpaired) electrons. The Morgan fingerprint density at radius 2 is 2.00 bits per heavy atom. The largest absolute Gasteiger partial charge is 0.259 e. The minimum atomic E-state index is 0.139. The highest BCUT2D eigenvalue weighted by Gasteiger charge is 2.18. The second kappa shape index (κ2) is 6.33. The number of rotatable bonds is 6. The van der Waals surface area contributed by atoms with E-state index in [1.165, 1.54) is 4.90 Å². The molecule has 1 N–H and O–H groups in total. The summed E-state index contributed by atoms with van der Waals surface area (Å²) in [6.07, 6.45) is 0.830. The molecule has 1 aromatic rings. The normalized spacial score (nSPS) is 11.4. The lowest BCUT2D eigenvalue weighted by Gasteiger charge is -2.24. The van der Waals surface area contributed by atoms with Crippen LogP contribution < -0.4 is 4.72 Å². The summed E-state index contributed by atoms with van der Waals surface area (Å²) >= 11 is 7.48. The first-order valence-electron chi connectivity index (χ1n) is 5.28. The van der Waals surface area contributed by atoms with Crippen LogP contribution >= 0.6 is 23.5 Å². The Bertz CT molecular complexity index is 335. The zero-order valence-electron chi connectivity index (χ0n) is 9.79. The highest BCUT2D eigenvalue weighted by Crippen LogP contribution is 2.26. The van der Waals surface area contributed by atoms with E-state index in [-0.39, 0.29) is 5.41 Å². The molecule has 3 heteroatoms. The van der Waals surface area contributed by atoms with Gasteiger partial charge in [-0.05, 0) is 35.9 Å². The van der Waals surface area contributed by atoms with Gasteiger partial charge in [0.1, 0.15) is 0 Å². The molecule has 88 valence electrons. The molecular formula is C13H18ClNS. The van der Waals surface area contributed by atoms with Crippen LogP contribution in [0, 0.1) is 5.41 Å². The highest BCUT2D eigenvalue weighted by molar-refractivity contribution is 7.97. The number of benzene rings is 1. The lowest BCUT2D eigenvalue weighted by atomic mass is 9.90. The standard InChI is InChI=1S/C13H18ClNS/c1-11(14)9-13(2,3)10-15-16-12-7-5-4-6-8-12/h4-8,15H,1,9-10H2,2-3H3. The van der Waals surface area contributed by atoms with Crippen molar-refractivity contribution in [2.24, 2.45) is 5.41 Å². The zero-order valence-corrected chi connectivity index (χ0v) is 11.4. The third kappa shape index (κ3) is 5.59. The van der Waals surface area contributed by atoms with Gasteiger partial charge in [0.15, 0.2) is 0 Å². The van der Waals surface area contributed by atoms with Gasteiger partial charge in [-0.3, -0.25) is 4.72 Å². The van der Waals surface area contributed by atoms with Crippen molar-refractivity contribution in [2.45, 2.75) is 25.2 Å². The quantitative estimate of drug-likeness (QED) is 0.754. The third-order valence-corrected chi connectivity index (χ3v) is 3.08. The lowest BCUT2D eigenvalue weighted by molar-refractivity contribution is 0.371. The first-order valence-corrected chi connectivity index (χ1v) is 6.47. The maximum Gasteiger partial charge on any atom is 0.0228 e. The molecule has 0 bridgehead atoms. The molecule has 1 aromatic carbocycles. The van der Waals surface area contributed by atoms with Gasteiger partial charge in [0, 0.05) is 16.5 Å². The Balaban J connectivity index is 2.32. The topological polar surface area (TPSA) is 12.0 Å². The fraction of sp³-hybridized carbons (Fsp3) is 0.385. The summed E-state index contributed by atoms with van der Waals surface area (Å²) in [5.41, 5.74) is 0.139. The molecule has 1 nitrogen and oxygen atoms in total. The Morgan fingerprint density at radius 1 is 1.38 bits per heavy atom. The zero-order chi connectivity index (χ0) is 12.0. The van der Waals surface area contributed by atoms with E-state index in [0.717, 1.165) is 18.0 Å². The van der Waals surface area contributed by atoms with Gasteiger partial charge in [0.05, 0.1) is 0 Å². The van der Waals surface area contributed by atoms with Crippen LogP contribution in [0.1, 0.15) is 20.3 Å². The molecule has 0 saturated heterocycles. The van der Waals surface area contributed by atoms with Crippen LogP contribution in [-0.4, -0.2) is 6.54 Å². The van der Waals surface area contributed by atoms with Crippen molar-refractivity contribution < 1.29 is 0 Å². The number of halogens is 1. The molecule has 0 amide bonds. The summed E-state index contributed by atoms with van der Waals surface area (Å²) in [5, 5.41) is 0.719. The molecule has 0 saturated carbocycles. The minimum absolute atomic E-state index is 0.139. The molecule has 0 heterocycles. The maximum atomic E-state index is 5.83. The van der Waals surface area contributed by atoms with Crippen LogP contribution in [0.3, 0.4) is 0 Å². The van der Waals surface area contributed by atoms with E-state index in [1.54, 1.807) is 11.9 Å². The van der Waals surface area contributed by atoms with Gasteiger partial charge >= 0.3 is 0 Å². The molecule has 0 fully saturated rings. The van der Waals surface area contributed by atoms with Crippen molar-refractivity contribution in [1.29, 1.82) is 0 Å². The van der Waals surface area contributed by atoms with Crippen molar-refractivity contribution in [3.63, 3.8) is 0 Å². The SMILES string of the molecule is C=C(Cl)CC(C)(C)CNSc1ccccc1. The summed E-state index contributed by atoms with van der Waals surface area (Å²) in [5.74, 6) is 0. The molecule has 0 aliphatic heterocycles. The van der Waals surface area contributed by atoms with Crippen molar-refractivity contribution in [3.05, 3.63) is 41.9 Å². The number of nitrogens with one attached hydrogen (secondary N) is 1. The van der Waals surface area contributed by atoms with Gasteiger partial charge < -0.3 is 0 Å². The average molecular weight is 256 g/mol. The molecule has 0 atom stereocenters. The van der Waals surface area contributed by atoms with E-state index in [0.29, 0.717) is 0 Å². The van der Waals surface area contributed by atoms with Crippen molar-refractivity contribution in [2.75, 3.05) is 6.54 Å². The second-order valence-corrected chi connectivity index (χ2v) is 6.09. The third-order valence-electron chi connectivity index (χ3n) is 2.15. The molecule has 0 aromatic heterocycles. The summed E-state index contributed by atoms with van der Waals surface area (Å²) in [4.78, 5) is 1.23. The fourth-order valence-electron chi connectivity index (χ4n) is 1.39. The Hall–Kier alpha value is -0.440. The summed E-state index contributed by atoms with van der Waals surface area (Å²) < 4.78 is 3.36. The number of hydrogen-bond donors (Lipinski definition) is 1. The second-order valence-electron chi connectivity index (χ2n) is 4.59. The van der Waals surface area contributed by atoms with E-state index < -0.39 is 0 Å². The van der Waals surface area contributed by atoms with E-state index in [2.05, 4.69) is 37.3 Å². The molecule has 0 aliphatic carbocycles. The van der Waals surface area contributed by atoms with Gasteiger partial charge in [-0.15, -0.1) is 0 Å². The van der Waals surface area contributed by atoms with Gasteiger partial charge in [-0.1, -0.05) is 50.2 Å². The first kappa shape index (κ1) is 13.6. The Labute approximate surface area is 107 Å². The monoisotopic (exact) mass is 255 g/mol. The van der Waals surface area contributed by atoms with E-state index in [1.807, 2.05) is 18.2 Å². The Morgan fingerprint density at radius 3 is 2.56 bits per heavy atom. The number of hydrogen-bond acceptors (Lipinski definition) is 2. The van der Waals surface area contributed by atoms with Gasteiger partial charge in [0.25, 0.3) is 0 Å².